The number of hydrogen-bond donors (Lipinski definition) is 1. The Morgan fingerprint density at radius 1 is 1.19 bits per heavy atom. The number of rotatable bonds is 5. The monoisotopic (exact) mass is 285 g/mol. The van der Waals surface area contributed by atoms with Crippen molar-refractivity contribution in [3.8, 4) is 5.75 Å². The third-order valence-electron chi connectivity index (χ3n) is 3.17. The van der Waals surface area contributed by atoms with E-state index in [1.807, 2.05) is 38.1 Å². The van der Waals surface area contributed by atoms with Gasteiger partial charge in [-0.15, -0.1) is 0 Å². The molecule has 21 heavy (non-hydrogen) atoms. The summed E-state index contributed by atoms with van der Waals surface area (Å²) < 4.78 is 10.7. The van der Waals surface area contributed by atoms with E-state index in [0.717, 1.165) is 11.1 Å². The number of esters is 1. The summed E-state index contributed by atoms with van der Waals surface area (Å²) in [5.41, 5.74) is 8.78. The Balaban J connectivity index is 2.04. The van der Waals surface area contributed by atoms with Crippen LogP contribution in [0.4, 0.5) is 5.69 Å². The molecule has 2 aromatic rings. The number of nitrogens with two attached hydrogens (primary N) is 1. The Hall–Kier alpha value is -2.49. The molecule has 110 valence electrons. The van der Waals surface area contributed by atoms with Crippen LogP contribution in [0.1, 0.15) is 28.4 Å². The van der Waals surface area contributed by atoms with E-state index in [9.17, 15) is 4.79 Å². The van der Waals surface area contributed by atoms with E-state index < -0.39 is 5.97 Å². The van der Waals surface area contributed by atoms with Crippen LogP contribution in [0.15, 0.2) is 42.5 Å². The fraction of sp³-hybridized carbons (Fsp3) is 0.235. The van der Waals surface area contributed by atoms with Gasteiger partial charge in [-0.2, -0.15) is 0 Å². The lowest BCUT2D eigenvalue weighted by Crippen LogP contribution is -2.07. The summed E-state index contributed by atoms with van der Waals surface area (Å²) in [5, 5.41) is 0. The standard InChI is InChI=1S/C17H19NO3/c1-3-20-16-9-8-13(10-15(16)18)17(19)21-11-14-7-5-4-6-12(14)2/h4-10H,3,11,18H2,1-2H3. The van der Waals surface area contributed by atoms with E-state index >= 15 is 0 Å². The molecular formula is C17H19NO3. The zero-order valence-corrected chi connectivity index (χ0v) is 12.3. The number of carbonyl (C=O) groups is 1. The average Bonchev–Trinajstić information content (AvgIpc) is 2.48. The van der Waals surface area contributed by atoms with Gasteiger partial charge in [0, 0.05) is 0 Å². The van der Waals surface area contributed by atoms with Crippen LogP contribution in [-0.2, 0) is 11.3 Å². The molecule has 2 aromatic carbocycles. The molecule has 0 aliphatic heterocycles. The van der Waals surface area contributed by atoms with Crippen molar-refractivity contribution in [2.45, 2.75) is 20.5 Å². The molecule has 0 aliphatic carbocycles. The molecule has 4 nitrogen and oxygen atoms in total. The highest BCUT2D eigenvalue weighted by Gasteiger charge is 2.11. The van der Waals surface area contributed by atoms with Crippen molar-refractivity contribution in [3.05, 3.63) is 59.2 Å². The predicted octanol–water partition coefficient (Wildman–Crippen LogP) is 3.33. The van der Waals surface area contributed by atoms with Crippen LogP contribution in [-0.4, -0.2) is 12.6 Å². The van der Waals surface area contributed by atoms with E-state index in [2.05, 4.69) is 0 Å². The second-order valence-corrected chi connectivity index (χ2v) is 4.69. The third kappa shape index (κ3) is 3.75. The van der Waals surface area contributed by atoms with Crippen molar-refractivity contribution >= 4 is 11.7 Å². The number of benzene rings is 2. The smallest absolute Gasteiger partial charge is 0.338 e. The number of anilines is 1. The first kappa shape index (κ1) is 14.9. The fourth-order valence-corrected chi connectivity index (χ4v) is 1.96. The summed E-state index contributed by atoms with van der Waals surface area (Å²) in [6.45, 7) is 4.64. The van der Waals surface area contributed by atoms with Crippen LogP contribution < -0.4 is 10.5 Å². The molecule has 0 amide bonds. The lowest BCUT2D eigenvalue weighted by atomic mass is 10.1. The second kappa shape index (κ2) is 6.79. The fourth-order valence-electron chi connectivity index (χ4n) is 1.96. The second-order valence-electron chi connectivity index (χ2n) is 4.69. The van der Waals surface area contributed by atoms with Crippen LogP contribution in [0.2, 0.25) is 0 Å². The largest absolute Gasteiger partial charge is 0.492 e. The predicted molar refractivity (Wildman–Crippen MR) is 82.3 cm³/mol. The molecule has 0 bridgehead atoms. The summed E-state index contributed by atoms with van der Waals surface area (Å²) >= 11 is 0. The van der Waals surface area contributed by atoms with E-state index in [1.165, 1.54) is 0 Å². The molecule has 4 heteroatoms. The molecule has 2 N–H and O–H groups in total. The maximum absolute atomic E-state index is 12.0. The summed E-state index contributed by atoms with van der Waals surface area (Å²) in [6.07, 6.45) is 0. The van der Waals surface area contributed by atoms with Gasteiger partial charge in [-0.05, 0) is 43.2 Å². The Labute approximate surface area is 124 Å². The summed E-state index contributed by atoms with van der Waals surface area (Å²) in [7, 11) is 0. The van der Waals surface area contributed by atoms with Crippen molar-refractivity contribution in [1.82, 2.24) is 0 Å². The van der Waals surface area contributed by atoms with E-state index in [4.69, 9.17) is 15.2 Å². The molecule has 2 rings (SSSR count). The molecular weight excluding hydrogens is 266 g/mol. The normalized spacial score (nSPS) is 10.2. The van der Waals surface area contributed by atoms with Gasteiger partial charge in [-0.3, -0.25) is 0 Å². The molecule has 0 radical (unpaired) electrons. The summed E-state index contributed by atoms with van der Waals surface area (Å²) in [6, 6.07) is 12.7. The zero-order valence-electron chi connectivity index (χ0n) is 12.3. The van der Waals surface area contributed by atoms with Gasteiger partial charge in [-0.1, -0.05) is 24.3 Å². The number of hydrogen-bond acceptors (Lipinski definition) is 4. The zero-order chi connectivity index (χ0) is 15.2. The van der Waals surface area contributed by atoms with Gasteiger partial charge in [0.2, 0.25) is 0 Å². The van der Waals surface area contributed by atoms with E-state index in [1.54, 1.807) is 18.2 Å². The summed E-state index contributed by atoms with van der Waals surface area (Å²) in [4.78, 5) is 12.0. The molecule has 0 fully saturated rings. The number of aryl methyl sites for hydroxylation is 1. The van der Waals surface area contributed by atoms with E-state index in [0.29, 0.717) is 23.6 Å². The minimum atomic E-state index is -0.395. The molecule has 0 aliphatic rings. The minimum Gasteiger partial charge on any atom is -0.492 e. The van der Waals surface area contributed by atoms with Crippen molar-refractivity contribution in [2.75, 3.05) is 12.3 Å². The van der Waals surface area contributed by atoms with Gasteiger partial charge in [0.25, 0.3) is 0 Å². The Bertz CT molecular complexity index is 638. The number of nitrogen functional groups attached to an aromatic ring is 1. The molecule has 0 saturated carbocycles. The van der Waals surface area contributed by atoms with Gasteiger partial charge >= 0.3 is 5.97 Å². The first-order chi connectivity index (χ1) is 10.1. The molecule has 0 aromatic heterocycles. The van der Waals surface area contributed by atoms with Gasteiger partial charge in [0.05, 0.1) is 17.9 Å². The first-order valence-corrected chi connectivity index (χ1v) is 6.85. The SMILES string of the molecule is CCOc1ccc(C(=O)OCc2ccccc2C)cc1N. The van der Waals surface area contributed by atoms with E-state index in [-0.39, 0.29) is 6.61 Å². The van der Waals surface area contributed by atoms with Gasteiger partial charge in [0.15, 0.2) is 0 Å². The highest BCUT2D eigenvalue weighted by atomic mass is 16.5. The number of ether oxygens (including phenoxy) is 2. The topological polar surface area (TPSA) is 61.5 Å². The van der Waals surface area contributed by atoms with Crippen LogP contribution in [0.25, 0.3) is 0 Å². The van der Waals surface area contributed by atoms with Crippen molar-refractivity contribution in [3.63, 3.8) is 0 Å². The molecule has 0 saturated heterocycles. The van der Waals surface area contributed by atoms with Gasteiger partial charge in [0.1, 0.15) is 12.4 Å². The Kier molecular flexibility index (Phi) is 4.82. The lowest BCUT2D eigenvalue weighted by Gasteiger charge is -2.10. The highest BCUT2D eigenvalue weighted by molar-refractivity contribution is 5.91. The van der Waals surface area contributed by atoms with Gasteiger partial charge in [-0.25, -0.2) is 4.79 Å². The molecule has 0 spiro atoms. The maximum atomic E-state index is 12.0. The van der Waals surface area contributed by atoms with Crippen LogP contribution >= 0.6 is 0 Å². The highest BCUT2D eigenvalue weighted by Crippen LogP contribution is 2.23. The number of carbonyl (C=O) groups excluding carboxylic acids is 1. The Morgan fingerprint density at radius 2 is 1.95 bits per heavy atom. The first-order valence-electron chi connectivity index (χ1n) is 6.85. The van der Waals surface area contributed by atoms with Crippen molar-refractivity contribution in [1.29, 1.82) is 0 Å². The third-order valence-corrected chi connectivity index (χ3v) is 3.17. The molecule has 0 unspecified atom stereocenters. The minimum absolute atomic E-state index is 0.249. The molecule has 0 atom stereocenters. The molecule has 0 heterocycles. The average molecular weight is 285 g/mol. The summed E-state index contributed by atoms with van der Waals surface area (Å²) in [5.74, 6) is 0.181. The maximum Gasteiger partial charge on any atom is 0.338 e. The van der Waals surface area contributed by atoms with Crippen LogP contribution in [0.3, 0.4) is 0 Å². The Morgan fingerprint density at radius 3 is 2.62 bits per heavy atom. The van der Waals surface area contributed by atoms with Gasteiger partial charge < -0.3 is 15.2 Å². The lowest BCUT2D eigenvalue weighted by molar-refractivity contribution is 0.0472. The van der Waals surface area contributed by atoms with Crippen molar-refractivity contribution < 1.29 is 14.3 Å². The van der Waals surface area contributed by atoms with Crippen LogP contribution in [0.5, 0.6) is 5.75 Å². The van der Waals surface area contributed by atoms with Crippen LogP contribution in [0, 0.1) is 6.92 Å². The van der Waals surface area contributed by atoms with Crippen molar-refractivity contribution in [2.24, 2.45) is 0 Å². The quantitative estimate of drug-likeness (QED) is 0.676.